The first-order chi connectivity index (χ1) is 14.5. The number of halogens is 2. The molecule has 0 aromatic heterocycles. The number of carbonyl (C=O) groups excluding carboxylic acids is 2. The first-order valence-electron chi connectivity index (χ1n) is 10.1. The number of benzene rings is 2. The van der Waals surface area contributed by atoms with Gasteiger partial charge in [-0.25, -0.2) is 0 Å². The molecule has 1 saturated heterocycles. The number of anilines is 2. The number of rotatable bonds is 4. The summed E-state index contributed by atoms with van der Waals surface area (Å²) in [4.78, 5) is 29.5. The van der Waals surface area contributed by atoms with Gasteiger partial charge in [-0.3, -0.25) is 9.59 Å². The van der Waals surface area contributed by atoms with Crippen molar-refractivity contribution < 1.29 is 14.3 Å². The second-order valence-electron chi connectivity index (χ2n) is 7.51. The number of nitrogens with one attached hydrogen (secondary N) is 1. The number of amides is 2. The maximum Gasteiger partial charge on any atom is 0.265 e. The zero-order valence-electron chi connectivity index (χ0n) is 16.4. The van der Waals surface area contributed by atoms with Crippen molar-refractivity contribution in [3.8, 4) is 5.75 Å². The number of piperidine rings is 1. The quantitative estimate of drug-likeness (QED) is 0.762. The van der Waals surface area contributed by atoms with E-state index in [1.54, 1.807) is 18.2 Å². The zero-order valence-corrected chi connectivity index (χ0v) is 18.0. The third kappa shape index (κ3) is 4.65. The predicted octanol–water partition coefficient (Wildman–Crippen LogP) is 4.21. The predicted molar refractivity (Wildman–Crippen MR) is 119 cm³/mol. The minimum absolute atomic E-state index is 0.0208. The lowest BCUT2D eigenvalue weighted by molar-refractivity contribution is -0.139. The maximum atomic E-state index is 13.0. The van der Waals surface area contributed by atoms with Crippen LogP contribution in [0.15, 0.2) is 42.5 Å². The van der Waals surface area contributed by atoms with Crippen molar-refractivity contribution in [2.24, 2.45) is 0 Å². The highest BCUT2D eigenvalue weighted by Crippen LogP contribution is 2.34. The number of nitrogens with zero attached hydrogens (tertiary/aromatic N) is 2. The molecule has 2 aromatic rings. The van der Waals surface area contributed by atoms with Gasteiger partial charge in [0.2, 0.25) is 5.91 Å². The number of fused-ring (bicyclic) bond motifs is 1. The molecule has 30 heavy (non-hydrogen) atoms. The molecule has 0 saturated carbocycles. The van der Waals surface area contributed by atoms with E-state index in [1.165, 1.54) is 0 Å². The van der Waals surface area contributed by atoms with Gasteiger partial charge in [0.15, 0.2) is 6.10 Å². The topological polar surface area (TPSA) is 61.9 Å². The fourth-order valence-electron chi connectivity index (χ4n) is 3.86. The summed E-state index contributed by atoms with van der Waals surface area (Å²) in [6.45, 7) is 1.89. The number of hydrogen-bond donors (Lipinski definition) is 1. The highest BCUT2D eigenvalue weighted by molar-refractivity contribution is 6.35. The standard InChI is InChI=1S/C22H23Cl2N3O3/c23-15-8-9-16(24)17(12-15)25-21(28)14-27-13-20(22(29)26-10-4-1-5-11-26)30-19-7-3-2-6-18(19)27/h2-3,6-9,12,20H,1,4-5,10-11,13-14H2,(H,25,28)/t20-/m0/s1. The van der Waals surface area contributed by atoms with Crippen LogP contribution in [-0.2, 0) is 9.59 Å². The van der Waals surface area contributed by atoms with Gasteiger partial charge >= 0.3 is 0 Å². The molecule has 2 heterocycles. The molecule has 6 nitrogen and oxygen atoms in total. The number of hydrogen-bond acceptors (Lipinski definition) is 4. The Labute approximate surface area is 185 Å². The van der Waals surface area contributed by atoms with Crippen molar-refractivity contribution in [2.45, 2.75) is 25.4 Å². The van der Waals surface area contributed by atoms with Crippen LogP contribution in [0.4, 0.5) is 11.4 Å². The van der Waals surface area contributed by atoms with E-state index in [-0.39, 0.29) is 18.4 Å². The van der Waals surface area contributed by atoms with E-state index in [0.717, 1.165) is 38.0 Å². The number of ether oxygens (including phenoxy) is 1. The van der Waals surface area contributed by atoms with Gasteiger partial charge < -0.3 is 19.9 Å². The van der Waals surface area contributed by atoms with Gasteiger partial charge in [-0.15, -0.1) is 0 Å². The van der Waals surface area contributed by atoms with Crippen molar-refractivity contribution in [1.82, 2.24) is 4.90 Å². The van der Waals surface area contributed by atoms with E-state index in [4.69, 9.17) is 27.9 Å². The van der Waals surface area contributed by atoms with Gasteiger partial charge in [0.05, 0.1) is 29.5 Å². The second kappa shape index (κ2) is 9.14. The summed E-state index contributed by atoms with van der Waals surface area (Å²) in [5.74, 6) is 0.334. The minimum atomic E-state index is -0.638. The molecule has 2 aliphatic heterocycles. The third-order valence-electron chi connectivity index (χ3n) is 5.34. The Hall–Kier alpha value is -2.44. The van der Waals surface area contributed by atoms with Gasteiger partial charge in [0.25, 0.3) is 5.91 Å². The number of carbonyl (C=O) groups is 2. The fourth-order valence-corrected chi connectivity index (χ4v) is 4.20. The summed E-state index contributed by atoms with van der Waals surface area (Å²) in [5.41, 5.74) is 1.24. The van der Waals surface area contributed by atoms with E-state index in [9.17, 15) is 9.59 Å². The van der Waals surface area contributed by atoms with Gasteiger partial charge in [-0.05, 0) is 49.6 Å². The van der Waals surface area contributed by atoms with Crippen LogP contribution in [0.25, 0.3) is 0 Å². The fraction of sp³-hybridized carbons (Fsp3) is 0.364. The molecule has 2 aliphatic rings. The van der Waals surface area contributed by atoms with Crippen LogP contribution < -0.4 is 15.0 Å². The van der Waals surface area contributed by atoms with E-state index < -0.39 is 6.10 Å². The summed E-state index contributed by atoms with van der Waals surface area (Å²) < 4.78 is 6.01. The van der Waals surface area contributed by atoms with Crippen LogP contribution in [0, 0.1) is 0 Å². The van der Waals surface area contributed by atoms with Gasteiger partial charge in [-0.2, -0.15) is 0 Å². The lowest BCUT2D eigenvalue weighted by atomic mass is 10.1. The largest absolute Gasteiger partial charge is 0.477 e. The van der Waals surface area contributed by atoms with Gasteiger partial charge in [0, 0.05) is 18.1 Å². The van der Waals surface area contributed by atoms with E-state index in [2.05, 4.69) is 5.32 Å². The molecule has 0 unspecified atom stereocenters. The molecule has 0 bridgehead atoms. The molecular weight excluding hydrogens is 425 g/mol. The van der Waals surface area contributed by atoms with Crippen molar-refractivity contribution in [3.05, 3.63) is 52.5 Å². The van der Waals surface area contributed by atoms with Crippen LogP contribution in [0.2, 0.25) is 10.0 Å². The van der Waals surface area contributed by atoms with E-state index in [0.29, 0.717) is 28.0 Å². The van der Waals surface area contributed by atoms with Gasteiger partial charge in [-0.1, -0.05) is 35.3 Å². The van der Waals surface area contributed by atoms with Gasteiger partial charge in [0.1, 0.15) is 5.75 Å². The average molecular weight is 448 g/mol. The molecule has 4 rings (SSSR count). The molecule has 1 atom stereocenters. The Bertz CT molecular complexity index is 947. The first kappa shape index (κ1) is 20.8. The van der Waals surface area contributed by atoms with Crippen LogP contribution >= 0.6 is 23.2 Å². The minimum Gasteiger partial charge on any atom is -0.477 e. The Morgan fingerprint density at radius 3 is 2.63 bits per heavy atom. The van der Waals surface area contributed by atoms with Crippen LogP contribution in [0.5, 0.6) is 5.75 Å². The average Bonchev–Trinajstić information content (AvgIpc) is 2.76. The Kier molecular flexibility index (Phi) is 6.35. The monoisotopic (exact) mass is 447 g/mol. The second-order valence-corrected chi connectivity index (χ2v) is 8.36. The maximum absolute atomic E-state index is 13.0. The van der Waals surface area contributed by atoms with Crippen LogP contribution in [-0.4, -0.2) is 49.0 Å². The summed E-state index contributed by atoms with van der Waals surface area (Å²) in [6.07, 6.45) is 2.54. The zero-order chi connectivity index (χ0) is 21.1. The Morgan fingerprint density at radius 1 is 1.07 bits per heavy atom. The molecule has 2 aromatic carbocycles. The van der Waals surface area contributed by atoms with Crippen LogP contribution in [0.3, 0.4) is 0 Å². The highest BCUT2D eigenvalue weighted by atomic mass is 35.5. The summed E-state index contributed by atoms with van der Waals surface area (Å²) in [6, 6.07) is 12.4. The third-order valence-corrected chi connectivity index (χ3v) is 5.91. The Morgan fingerprint density at radius 2 is 1.83 bits per heavy atom. The van der Waals surface area contributed by atoms with E-state index >= 15 is 0 Å². The number of likely N-dealkylation sites (tertiary alicyclic amines) is 1. The summed E-state index contributed by atoms with van der Waals surface area (Å²) >= 11 is 12.2. The molecule has 1 N–H and O–H groups in total. The van der Waals surface area contributed by atoms with Crippen molar-refractivity contribution >= 4 is 46.4 Å². The van der Waals surface area contributed by atoms with E-state index in [1.807, 2.05) is 34.1 Å². The lowest BCUT2D eigenvalue weighted by Gasteiger charge is -2.38. The molecule has 0 radical (unpaired) electrons. The molecule has 8 heteroatoms. The van der Waals surface area contributed by atoms with Crippen LogP contribution in [0.1, 0.15) is 19.3 Å². The first-order valence-corrected chi connectivity index (χ1v) is 10.8. The highest BCUT2D eigenvalue weighted by Gasteiger charge is 2.34. The number of para-hydroxylation sites is 2. The molecule has 2 amide bonds. The normalized spacial score (nSPS) is 18.4. The molecule has 1 fully saturated rings. The van der Waals surface area contributed by atoms with Crippen molar-refractivity contribution in [2.75, 3.05) is 36.4 Å². The smallest absolute Gasteiger partial charge is 0.265 e. The molecule has 0 aliphatic carbocycles. The van der Waals surface area contributed by atoms with Crippen molar-refractivity contribution in [1.29, 1.82) is 0 Å². The van der Waals surface area contributed by atoms with Crippen molar-refractivity contribution in [3.63, 3.8) is 0 Å². The molecular formula is C22H23Cl2N3O3. The SMILES string of the molecule is O=C(CN1C[C@@H](C(=O)N2CCCCC2)Oc2ccccc21)Nc1cc(Cl)ccc1Cl. The lowest BCUT2D eigenvalue weighted by Crippen LogP contribution is -2.52. The summed E-state index contributed by atoms with van der Waals surface area (Å²) in [5, 5.41) is 3.70. The summed E-state index contributed by atoms with van der Waals surface area (Å²) in [7, 11) is 0. The molecule has 158 valence electrons. The molecule has 0 spiro atoms. The Balaban J connectivity index is 1.50.